The zero-order valence-electron chi connectivity index (χ0n) is 18.2. The standard InChI is InChI=1S/C21H23Cl2N5O5S/c1-32-14-6-3-10(7-15(14)33-2)19(30)26-17-18(24)27-21(28-20(17)31)34-9-16(29)25-11-4-5-12(22)13(23)8-11/h3-8,17-18,21,27H,9,24H2,1-2H3,(H,25,29)(H,26,30)(H,28,31). The number of carbonyl (C=O) groups is 3. The molecule has 0 aromatic heterocycles. The summed E-state index contributed by atoms with van der Waals surface area (Å²) < 4.78 is 10.4. The van der Waals surface area contributed by atoms with Gasteiger partial charge in [-0.25, -0.2) is 0 Å². The molecule has 1 aliphatic rings. The van der Waals surface area contributed by atoms with Crippen molar-refractivity contribution in [3.05, 3.63) is 52.0 Å². The van der Waals surface area contributed by atoms with Gasteiger partial charge >= 0.3 is 0 Å². The second kappa shape index (κ2) is 11.6. The minimum atomic E-state index is -1.03. The highest BCUT2D eigenvalue weighted by atomic mass is 35.5. The van der Waals surface area contributed by atoms with E-state index in [9.17, 15) is 14.4 Å². The molecule has 10 nitrogen and oxygen atoms in total. The Hall–Kier alpha value is -2.70. The third kappa shape index (κ3) is 6.45. The van der Waals surface area contributed by atoms with Crippen LogP contribution in [0.3, 0.4) is 0 Å². The number of halogens is 2. The predicted molar refractivity (Wildman–Crippen MR) is 131 cm³/mol. The lowest BCUT2D eigenvalue weighted by Crippen LogP contribution is -2.70. The fourth-order valence-electron chi connectivity index (χ4n) is 3.07. The Labute approximate surface area is 210 Å². The molecule has 3 atom stereocenters. The largest absolute Gasteiger partial charge is 0.493 e. The summed E-state index contributed by atoms with van der Waals surface area (Å²) in [5.74, 6) is -0.435. The molecular weight excluding hydrogens is 505 g/mol. The first-order valence-electron chi connectivity index (χ1n) is 9.93. The molecule has 0 saturated carbocycles. The molecule has 1 fully saturated rings. The molecule has 1 aliphatic heterocycles. The third-order valence-electron chi connectivity index (χ3n) is 4.78. The second-order valence-electron chi connectivity index (χ2n) is 7.09. The van der Waals surface area contributed by atoms with E-state index in [4.69, 9.17) is 38.4 Å². The maximum Gasteiger partial charge on any atom is 0.252 e. The van der Waals surface area contributed by atoms with E-state index < -0.39 is 29.5 Å². The molecule has 2 aromatic rings. The smallest absolute Gasteiger partial charge is 0.252 e. The van der Waals surface area contributed by atoms with Gasteiger partial charge in [0.05, 0.1) is 36.2 Å². The Morgan fingerprint density at radius 2 is 1.82 bits per heavy atom. The van der Waals surface area contributed by atoms with Gasteiger partial charge in [0.15, 0.2) is 11.5 Å². The topological polar surface area (TPSA) is 144 Å². The fraction of sp³-hybridized carbons (Fsp3) is 0.286. The van der Waals surface area contributed by atoms with E-state index in [-0.39, 0.29) is 17.2 Å². The van der Waals surface area contributed by atoms with E-state index in [0.29, 0.717) is 27.2 Å². The quantitative estimate of drug-likeness (QED) is 0.349. The molecule has 0 spiro atoms. The van der Waals surface area contributed by atoms with Crippen molar-refractivity contribution in [3.63, 3.8) is 0 Å². The molecule has 1 heterocycles. The molecule has 6 N–H and O–H groups in total. The van der Waals surface area contributed by atoms with Gasteiger partial charge in [-0.3, -0.25) is 19.7 Å². The lowest BCUT2D eigenvalue weighted by Gasteiger charge is -2.35. The average Bonchev–Trinajstić information content (AvgIpc) is 2.81. The summed E-state index contributed by atoms with van der Waals surface area (Å²) >= 11 is 12.9. The van der Waals surface area contributed by atoms with Crippen molar-refractivity contribution in [2.45, 2.75) is 17.7 Å². The Balaban J connectivity index is 1.52. The summed E-state index contributed by atoms with van der Waals surface area (Å²) in [6, 6.07) is 8.34. The van der Waals surface area contributed by atoms with E-state index in [0.717, 1.165) is 11.8 Å². The van der Waals surface area contributed by atoms with Gasteiger partial charge < -0.3 is 31.2 Å². The maximum atomic E-state index is 12.6. The van der Waals surface area contributed by atoms with E-state index in [1.807, 2.05) is 0 Å². The van der Waals surface area contributed by atoms with Crippen molar-refractivity contribution in [1.82, 2.24) is 16.0 Å². The lowest BCUT2D eigenvalue weighted by molar-refractivity contribution is -0.125. The van der Waals surface area contributed by atoms with Gasteiger partial charge in [0.1, 0.15) is 11.5 Å². The van der Waals surface area contributed by atoms with Gasteiger partial charge in [-0.2, -0.15) is 0 Å². The highest BCUT2D eigenvalue weighted by molar-refractivity contribution is 8.00. The van der Waals surface area contributed by atoms with E-state index in [1.54, 1.807) is 24.3 Å². The van der Waals surface area contributed by atoms with Crippen LogP contribution in [0.25, 0.3) is 0 Å². The Kier molecular flexibility index (Phi) is 8.86. The second-order valence-corrected chi connectivity index (χ2v) is 9.00. The summed E-state index contributed by atoms with van der Waals surface area (Å²) in [6.07, 6.45) is -0.881. The zero-order chi connectivity index (χ0) is 24.8. The van der Waals surface area contributed by atoms with Crippen LogP contribution in [0.1, 0.15) is 10.4 Å². The zero-order valence-corrected chi connectivity index (χ0v) is 20.5. The lowest BCUT2D eigenvalue weighted by atomic mass is 10.1. The van der Waals surface area contributed by atoms with Gasteiger partial charge in [-0.05, 0) is 36.4 Å². The number of hydrogen-bond donors (Lipinski definition) is 5. The molecular formula is C21H23Cl2N5O5S. The Bertz CT molecular complexity index is 1090. The number of nitrogens with two attached hydrogens (primary N) is 1. The van der Waals surface area contributed by atoms with Crippen molar-refractivity contribution in [3.8, 4) is 11.5 Å². The SMILES string of the molecule is COc1ccc(C(=O)NC2C(=O)NC(SCC(=O)Nc3ccc(Cl)c(Cl)c3)NC2N)cc1OC. The van der Waals surface area contributed by atoms with Gasteiger partial charge in [-0.15, -0.1) is 11.8 Å². The highest BCUT2D eigenvalue weighted by Crippen LogP contribution is 2.28. The molecule has 0 aliphatic carbocycles. The highest BCUT2D eigenvalue weighted by Gasteiger charge is 2.35. The monoisotopic (exact) mass is 527 g/mol. The number of rotatable bonds is 8. The van der Waals surface area contributed by atoms with Crippen LogP contribution in [0.5, 0.6) is 11.5 Å². The molecule has 3 unspecified atom stereocenters. The molecule has 3 rings (SSSR count). The van der Waals surface area contributed by atoms with Gasteiger partial charge in [0.2, 0.25) is 11.8 Å². The summed E-state index contributed by atoms with van der Waals surface area (Å²) in [4.78, 5) is 37.4. The van der Waals surface area contributed by atoms with Crippen molar-refractivity contribution < 1.29 is 23.9 Å². The molecule has 13 heteroatoms. The number of anilines is 1. The van der Waals surface area contributed by atoms with E-state index >= 15 is 0 Å². The van der Waals surface area contributed by atoms with Crippen LogP contribution in [0.15, 0.2) is 36.4 Å². The fourth-order valence-corrected chi connectivity index (χ4v) is 4.21. The van der Waals surface area contributed by atoms with Crippen LogP contribution in [-0.4, -0.2) is 55.4 Å². The molecule has 2 aromatic carbocycles. The van der Waals surface area contributed by atoms with E-state index in [2.05, 4.69) is 21.3 Å². The van der Waals surface area contributed by atoms with Gasteiger partial charge in [0.25, 0.3) is 5.91 Å². The van der Waals surface area contributed by atoms with Crippen molar-refractivity contribution >= 4 is 58.4 Å². The van der Waals surface area contributed by atoms with Crippen molar-refractivity contribution in [2.24, 2.45) is 5.73 Å². The number of amides is 3. The van der Waals surface area contributed by atoms with Crippen LogP contribution in [0.4, 0.5) is 5.69 Å². The molecule has 0 bridgehead atoms. The van der Waals surface area contributed by atoms with E-state index in [1.165, 1.54) is 26.4 Å². The summed E-state index contributed by atoms with van der Waals surface area (Å²) in [5, 5.41) is 11.6. The Morgan fingerprint density at radius 1 is 1.09 bits per heavy atom. The average molecular weight is 528 g/mol. The molecule has 3 amide bonds. The number of methoxy groups -OCH3 is 2. The number of hydrogen-bond acceptors (Lipinski definition) is 8. The van der Waals surface area contributed by atoms with Crippen molar-refractivity contribution in [2.75, 3.05) is 25.3 Å². The van der Waals surface area contributed by atoms with Gasteiger partial charge in [-0.1, -0.05) is 23.2 Å². The minimum absolute atomic E-state index is 0.0214. The first kappa shape index (κ1) is 25.9. The molecule has 182 valence electrons. The van der Waals surface area contributed by atoms with Crippen LogP contribution in [0, 0.1) is 0 Å². The first-order valence-corrected chi connectivity index (χ1v) is 11.7. The first-order chi connectivity index (χ1) is 16.2. The minimum Gasteiger partial charge on any atom is -0.493 e. The third-order valence-corrected chi connectivity index (χ3v) is 6.53. The summed E-state index contributed by atoms with van der Waals surface area (Å²) in [7, 11) is 2.94. The van der Waals surface area contributed by atoms with Crippen LogP contribution < -0.4 is 36.5 Å². The summed E-state index contributed by atoms with van der Waals surface area (Å²) in [6.45, 7) is 0. The summed E-state index contributed by atoms with van der Waals surface area (Å²) in [5.41, 5.74) is 6.21. The van der Waals surface area contributed by atoms with Crippen LogP contribution in [-0.2, 0) is 9.59 Å². The maximum absolute atomic E-state index is 12.6. The number of benzene rings is 2. The molecule has 0 radical (unpaired) electrons. The molecule has 34 heavy (non-hydrogen) atoms. The number of ether oxygens (including phenoxy) is 2. The number of nitrogens with one attached hydrogen (secondary N) is 4. The van der Waals surface area contributed by atoms with Crippen LogP contribution >= 0.6 is 35.0 Å². The normalized spacial score (nSPS) is 19.7. The number of carbonyl (C=O) groups excluding carboxylic acids is 3. The number of thioether (sulfide) groups is 1. The van der Waals surface area contributed by atoms with Crippen molar-refractivity contribution in [1.29, 1.82) is 0 Å². The van der Waals surface area contributed by atoms with Crippen LogP contribution in [0.2, 0.25) is 10.0 Å². The van der Waals surface area contributed by atoms with Gasteiger partial charge in [0, 0.05) is 11.3 Å². The predicted octanol–water partition coefficient (Wildman–Crippen LogP) is 1.77. The Morgan fingerprint density at radius 3 is 2.47 bits per heavy atom. The molecule has 1 saturated heterocycles.